The van der Waals surface area contributed by atoms with Crippen molar-refractivity contribution in [3.05, 3.63) is 88.5 Å². The van der Waals surface area contributed by atoms with Gasteiger partial charge in [-0.2, -0.15) is 0 Å². The Morgan fingerprint density at radius 1 is 1.00 bits per heavy atom. The van der Waals surface area contributed by atoms with Crippen LogP contribution in [-0.2, 0) is 4.74 Å². The number of fused-ring (bicyclic) bond motifs is 3. The summed E-state index contributed by atoms with van der Waals surface area (Å²) in [4.78, 5) is 12.2. The van der Waals surface area contributed by atoms with E-state index in [1.165, 1.54) is 22.3 Å². The third-order valence-electron chi connectivity index (χ3n) is 5.70. The molecule has 0 heterocycles. The van der Waals surface area contributed by atoms with Gasteiger partial charge in [0, 0.05) is 30.1 Å². The van der Waals surface area contributed by atoms with Crippen molar-refractivity contribution >= 4 is 11.8 Å². The maximum atomic E-state index is 12.2. The molecule has 31 heavy (non-hydrogen) atoms. The Balaban J connectivity index is 1.30. The minimum atomic E-state index is -0.414. The summed E-state index contributed by atoms with van der Waals surface area (Å²) >= 11 is 0. The molecule has 0 aromatic heterocycles. The monoisotopic (exact) mass is 410 g/mol. The molecule has 4 rings (SSSR count). The predicted octanol–water partition coefficient (Wildman–Crippen LogP) is 5.17. The van der Waals surface area contributed by atoms with Gasteiger partial charge in [0.25, 0.3) is 0 Å². The predicted molar refractivity (Wildman–Crippen MR) is 125 cm³/mol. The Bertz CT molecular complexity index is 1140. The van der Waals surface area contributed by atoms with Crippen molar-refractivity contribution < 1.29 is 9.53 Å². The summed E-state index contributed by atoms with van der Waals surface area (Å²) in [5.74, 6) is 6.33. The molecule has 3 aromatic rings. The summed E-state index contributed by atoms with van der Waals surface area (Å²) in [6, 6.07) is 20.5. The number of anilines is 1. The van der Waals surface area contributed by atoms with E-state index in [9.17, 15) is 4.79 Å². The molecule has 0 unspecified atom stereocenters. The highest BCUT2D eigenvalue weighted by molar-refractivity contribution is 5.79. The van der Waals surface area contributed by atoms with Gasteiger partial charge in [0.2, 0.25) is 0 Å². The Morgan fingerprint density at radius 3 is 2.32 bits per heavy atom. The number of alkyl carbamates (subject to hydrolysis) is 1. The molecule has 0 spiro atoms. The van der Waals surface area contributed by atoms with Crippen molar-refractivity contribution in [1.82, 2.24) is 5.32 Å². The number of aryl methyl sites for hydroxylation is 2. The molecule has 0 radical (unpaired) electrons. The van der Waals surface area contributed by atoms with Gasteiger partial charge in [0.05, 0.1) is 0 Å². The molecule has 0 bridgehead atoms. The van der Waals surface area contributed by atoms with Gasteiger partial charge in [-0.05, 0) is 59.4 Å². The number of carbonyl (C=O) groups excluding carboxylic acids is 1. The number of amides is 1. The van der Waals surface area contributed by atoms with Crippen molar-refractivity contribution in [2.24, 2.45) is 0 Å². The second kappa shape index (κ2) is 8.97. The normalized spacial score (nSPS) is 11.8. The molecule has 1 aliphatic rings. The largest absolute Gasteiger partial charge is 0.449 e. The van der Waals surface area contributed by atoms with Crippen molar-refractivity contribution in [1.29, 1.82) is 0 Å². The molecule has 1 aliphatic carbocycles. The average molecular weight is 411 g/mol. The SMILES string of the molecule is Cc1cc(C#CCCNC(=O)OCC2c3ccccc3-c3ccccc32)c(C)cc1N. The lowest BCUT2D eigenvalue weighted by Crippen LogP contribution is -2.26. The van der Waals surface area contributed by atoms with Gasteiger partial charge in [-0.25, -0.2) is 4.79 Å². The first-order chi connectivity index (χ1) is 15.0. The molecule has 3 aromatic carbocycles. The minimum Gasteiger partial charge on any atom is -0.449 e. The molecule has 0 aliphatic heterocycles. The van der Waals surface area contributed by atoms with E-state index in [0.717, 1.165) is 22.4 Å². The molecular weight excluding hydrogens is 384 g/mol. The molecular formula is C27H26N2O2. The Hall–Kier alpha value is -3.71. The van der Waals surface area contributed by atoms with Gasteiger partial charge in [0.1, 0.15) is 6.61 Å². The second-order valence-electron chi connectivity index (χ2n) is 7.83. The zero-order valence-corrected chi connectivity index (χ0v) is 17.9. The summed E-state index contributed by atoms with van der Waals surface area (Å²) < 4.78 is 5.54. The van der Waals surface area contributed by atoms with E-state index in [1.54, 1.807) is 0 Å². The summed E-state index contributed by atoms with van der Waals surface area (Å²) in [6.07, 6.45) is 0.135. The van der Waals surface area contributed by atoms with Crippen LogP contribution in [0.3, 0.4) is 0 Å². The van der Waals surface area contributed by atoms with Crippen LogP contribution in [0.5, 0.6) is 0 Å². The molecule has 0 atom stereocenters. The average Bonchev–Trinajstić information content (AvgIpc) is 3.09. The lowest BCUT2D eigenvalue weighted by Gasteiger charge is -2.14. The maximum absolute atomic E-state index is 12.2. The first kappa shape index (κ1) is 20.6. The van der Waals surface area contributed by atoms with E-state index >= 15 is 0 Å². The fourth-order valence-corrected chi connectivity index (χ4v) is 4.01. The Morgan fingerprint density at radius 2 is 1.65 bits per heavy atom. The first-order valence-corrected chi connectivity index (χ1v) is 10.5. The van der Waals surface area contributed by atoms with Crippen LogP contribution in [0.4, 0.5) is 10.5 Å². The lowest BCUT2D eigenvalue weighted by molar-refractivity contribution is 0.143. The number of nitrogen functional groups attached to an aromatic ring is 1. The van der Waals surface area contributed by atoms with Crippen LogP contribution in [0.25, 0.3) is 11.1 Å². The van der Waals surface area contributed by atoms with Gasteiger partial charge in [-0.1, -0.05) is 60.4 Å². The van der Waals surface area contributed by atoms with E-state index in [1.807, 2.05) is 50.2 Å². The molecule has 0 saturated heterocycles. The van der Waals surface area contributed by atoms with Crippen LogP contribution in [0.1, 0.15) is 40.2 Å². The highest BCUT2D eigenvalue weighted by Gasteiger charge is 2.28. The molecule has 156 valence electrons. The Labute approximate surface area is 183 Å². The highest BCUT2D eigenvalue weighted by Crippen LogP contribution is 2.44. The third-order valence-corrected chi connectivity index (χ3v) is 5.70. The number of carbonyl (C=O) groups is 1. The zero-order chi connectivity index (χ0) is 21.8. The van der Waals surface area contributed by atoms with E-state index in [4.69, 9.17) is 10.5 Å². The van der Waals surface area contributed by atoms with Crippen LogP contribution in [0.2, 0.25) is 0 Å². The molecule has 1 amide bonds. The van der Waals surface area contributed by atoms with E-state index in [0.29, 0.717) is 19.6 Å². The molecule has 4 nitrogen and oxygen atoms in total. The quantitative estimate of drug-likeness (QED) is 0.354. The summed E-state index contributed by atoms with van der Waals surface area (Å²) in [7, 11) is 0. The Kier molecular flexibility index (Phi) is 5.95. The smallest absolute Gasteiger partial charge is 0.407 e. The zero-order valence-electron chi connectivity index (χ0n) is 17.9. The molecule has 4 heteroatoms. The highest BCUT2D eigenvalue weighted by atomic mass is 16.5. The number of nitrogens with two attached hydrogens (primary N) is 1. The number of ether oxygens (including phenoxy) is 1. The van der Waals surface area contributed by atoms with Crippen LogP contribution >= 0.6 is 0 Å². The number of rotatable bonds is 4. The number of hydrogen-bond acceptors (Lipinski definition) is 3. The van der Waals surface area contributed by atoms with Gasteiger partial charge >= 0.3 is 6.09 Å². The van der Waals surface area contributed by atoms with Gasteiger partial charge < -0.3 is 15.8 Å². The van der Waals surface area contributed by atoms with Gasteiger partial charge in [-0.3, -0.25) is 0 Å². The van der Waals surface area contributed by atoms with Gasteiger partial charge in [0.15, 0.2) is 0 Å². The summed E-state index contributed by atoms with van der Waals surface area (Å²) in [6.45, 7) is 4.72. The standard InChI is InChI=1S/C27H26N2O2/c1-18-16-26(28)19(2)15-20(18)9-7-8-14-29-27(30)31-17-25-23-12-5-3-10-21(23)22-11-4-6-13-24(22)25/h3-6,10-13,15-16,25H,8,14,17,28H2,1-2H3,(H,29,30). The minimum absolute atomic E-state index is 0.0645. The molecule has 3 N–H and O–H groups in total. The number of nitrogens with one attached hydrogen (secondary N) is 1. The van der Waals surface area contributed by atoms with Crippen molar-refractivity contribution in [2.75, 3.05) is 18.9 Å². The summed E-state index contributed by atoms with van der Waals surface area (Å²) in [5, 5.41) is 2.79. The maximum Gasteiger partial charge on any atom is 0.407 e. The van der Waals surface area contributed by atoms with E-state index < -0.39 is 6.09 Å². The van der Waals surface area contributed by atoms with E-state index in [-0.39, 0.29) is 5.92 Å². The first-order valence-electron chi connectivity index (χ1n) is 10.5. The third kappa shape index (κ3) is 4.41. The van der Waals surface area contributed by atoms with Crippen molar-refractivity contribution in [3.8, 4) is 23.0 Å². The molecule has 0 saturated carbocycles. The second-order valence-corrected chi connectivity index (χ2v) is 7.83. The summed E-state index contributed by atoms with van der Waals surface area (Å²) in [5.41, 5.74) is 14.6. The number of benzene rings is 3. The fourth-order valence-electron chi connectivity index (χ4n) is 4.01. The van der Waals surface area contributed by atoms with Gasteiger partial charge in [-0.15, -0.1) is 0 Å². The van der Waals surface area contributed by atoms with Crippen LogP contribution in [0.15, 0.2) is 60.7 Å². The molecule has 0 fully saturated rings. The van der Waals surface area contributed by atoms with Crippen molar-refractivity contribution in [2.45, 2.75) is 26.2 Å². The fraction of sp³-hybridized carbons (Fsp3) is 0.222. The van der Waals surface area contributed by atoms with Crippen molar-refractivity contribution in [3.63, 3.8) is 0 Å². The number of hydrogen-bond donors (Lipinski definition) is 2. The topological polar surface area (TPSA) is 64.3 Å². The van der Waals surface area contributed by atoms with Crippen LogP contribution in [0, 0.1) is 25.7 Å². The van der Waals surface area contributed by atoms with Crippen LogP contribution in [-0.4, -0.2) is 19.2 Å². The van der Waals surface area contributed by atoms with Crippen LogP contribution < -0.4 is 11.1 Å². The lowest BCUT2D eigenvalue weighted by atomic mass is 9.98. The van der Waals surface area contributed by atoms with E-state index in [2.05, 4.69) is 41.4 Å².